The van der Waals surface area contributed by atoms with Crippen molar-refractivity contribution >= 4 is 0 Å². The number of rotatable bonds is 5. The number of nitrogens with zero attached hydrogens (tertiary/aromatic N) is 2. The molecule has 1 aliphatic carbocycles. The van der Waals surface area contributed by atoms with E-state index in [1.54, 1.807) is 0 Å². The number of aromatic nitrogens is 2. The van der Waals surface area contributed by atoms with Crippen LogP contribution in [0.3, 0.4) is 0 Å². The van der Waals surface area contributed by atoms with Crippen molar-refractivity contribution in [1.82, 2.24) is 15.1 Å². The molecule has 102 valence electrons. The van der Waals surface area contributed by atoms with Gasteiger partial charge in [-0.25, -0.2) is 0 Å². The lowest BCUT2D eigenvalue weighted by molar-refractivity contribution is 0.188. The van der Waals surface area contributed by atoms with E-state index in [0.717, 1.165) is 12.5 Å². The molecule has 0 amide bonds. The van der Waals surface area contributed by atoms with Gasteiger partial charge in [-0.05, 0) is 44.2 Å². The van der Waals surface area contributed by atoms with Gasteiger partial charge in [0.15, 0.2) is 0 Å². The van der Waals surface area contributed by atoms with Gasteiger partial charge < -0.3 is 5.32 Å². The molecule has 0 aromatic carbocycles. The Hall–Kier alpha value is -0.830. The minimum absolute atomic E-state index is 0.545. The zero-order chi connectivity index (χ0) is 13.0. The largest absolute Gasteiger partial charge is 0.312 e. The quantitative estimate of drug-likeness (QED) is 0.867. The van der Waals surface area contributed by atoms with Gasteiger partial charge in [0, 0.05) is 12.2 Å². The molecule has 1 heterocycles. The summed E-state index contributed by atoms with van der Waals surface area (Å²) in [5, 5.41) is 8.19. The predicted molar refractivity (Wildman–Crippen MR) is 75.7 cm³/mol. The maximum Gasteiger partial charge on any atom is 0.0674 e. The van der Waals surface area contributed by atoms with Crippen molar-refractivity contribution in [3.63, 3.8) is 0 Å². The molecule has 3 atom stereocenters. The summed E-state index contributed by atoms with van der Waals surface area (Å²) in [7, 11) is 0. The monoisotopic (exact) mass is 249 g/mol. The molecule has 0 saturated heterocycles. The van der Waals surface area contributed by atoms with Crippen LogP contribution in [0.2, 0.25) is 0 Å². The lowest BCUT2D eigenvalue weighted by Crippen LogP contribution is -2.42. The summed E-state index contributed by atoms with van der Waals surface area (Å²) in [5.74, 6) is 0.888. The van der Waals surface area contributed by atoms with Gasteiger partial charge in [-0.1, -0.05) is 26.7 Å². The number of hydrogen-bond acceptors (Lipinski definition) is 2. The van der Waals surface area contributed by atoms with E-state index in [9.17, 15) is 0 Å². The zero-order valence-electron chi connectivity index (χ0n) is 12.0. The maximum absolute atomic E-state index is 4.54. The highest BCUT2D eigenvalue weighted by molar-refractivity contribution is 5.02. The van der Waals surface area contributed by atoms with Crippen molar-refractivity contribution in [3.05, 3.63) is 18.0 Å². The molecular formula is C15H27N3. The van der Waals surface area contributed by atoms with Crippen molar-refractivity contribution in [2.24, 2.45) is 5.92 Å². The average molecular weight is 249 g/mol. The van der Waals surface area contributed by atoms with Crippen LogP contribution in [0.4, 0.5) is 0 Å². The SMILES string of the molecule is CCCC1CCC(NCC)C(n2cc(C)cn2)C1. The van der Waals surface area contributed by atoms with E-state index in [-0.39, 0.29) is 0 Å². The Morgan fingerprint density at radius 3 is 2.83 bits per heavy atom. The molecule has 0 bridgehead atoms. The highest BCUT2D eigenvalue weighted by Gasteiger charge is 2.31. The summed E-state index contributed by atoms with van der Waals surface area (Å²) in [6, 6.07) is 1.14. The molecule has 1 aromatic rings. The minimum Gasteiger partial charge on any atom is -0.312 e. The smallest absolute Gasteiger partial charge is 0.0674 e. The van der Waals surface area contributed by atoms with Crippen molar-refractivity contribution < 1.29 is 0 Å². The molecule has 0 spiro atoms. The van der Waals surface area contributed by atoms with E-state index in [0.29, 0.717) is 12.1 Å². The molecule has 3 unspecified atom stereocenters. The van der Waals surface area contributed by atoms with Gasteiger partial charge in [-0.15, -0.1) is 0 Å². The second-order valence-electron chi connectivity index (χ2n) is 5.70. The summed E-state index contributed by atoms with van der Waals surface area (Å²) in [5.41, 5.74) is 1.27. The van der Waals surface area contributed by atoms with Crippen molar-refractivity contribution in [1.29, 1.82) is 0 Å². The molecule has 18 heavy (non-hydrogen) atoms. The van der Waals surface area contributed by atoms with Crippen molar-refractivity contribution in [2.45, 2.75) is 65.0 Å². The zero-order valence-corrected chi connectivity index (χ0v) is 12.0. The lowest BCUT2D eigenvalue weighted by Gasteiger charge is -2.36. The van der Waals surface area contributed by atoms with Gasteiger partial charge in [0.25, 0.3) is 0 Å². The Balaban J connectivity index is 2.09. The van der Waals surface area contributed by atoms with E-state index in [4.69, 9.17) is 0 Å². The van der Waals surface area contributed by atoms with Gasteiger partial charge in [0.05, 0.1) is 12.2 Å². The van der Waals surface area contributed by atoms with Crippen LogP contribution in [0.25, 0.3) is 0 Å². The third-order valence-corrected chi connectivity index (χ3v) is 4.16. The molecule has 1 saturated carbocycles. The number of likely N-dealkylation sites (N-methyl/N-ethyl adjacent to an activating group) is 1. The van der Waals surface area contributed by atoms with Crippen LogP contribution < -0.4 is 5.32 Å². The number of nitrogens with one attached hydrogen (secondary N) is 1. The van der Waals surface area contributed by atoms with Crippen LogP contribution in [0.5, 0.6) is 0 Å². The Bertz CT molecular complexity index is 358. The first-order chi connectivity index (χ1) is 8.74. The second-order valence-corrected chi connectivity index (χ2v) is 5.70. The van der Waals surface area contributed by atoms with Crippen LogP contribution in [0.1, 0.15) is 57.6 Å². The average Bonchev–Trinajstić information content (AvgIpc) is 2.78. The van der Waals surface area contributed by atoms with E-state index in [2.05, 4.69) is 42.1 Å². The summed E-state index contributed by atoms with van der Waals surface area (Å²) < 4.78 is 2.20. The standard InChI is InChI=1S/C15H27N3/c1-4-6-13-7-8-14(16-5-2)15(9-13)18-11-12(3)10-17-18/h10-11,13-16H,4-9H2,1-3H3. The molecular weight excluding hydrogens is 222 g/mol. The maximum atomic E-state index is 4.54. The molecule has 3 nitrogen and oxygen atoms in total. The third kappa shape index (κ3) is 3.14. The first-order valence-electron chi connectivity index (χ1n) is 7.48. The molecule has 1 aliphatic rings. The predicted octanol–water partition coefficient (Wildman–Crippen LogP) is 3.31. The second kappa shape index (κ2) is 6.37. The summed E-state index contributed by atoms with van der Waals surface area (Å²) in [6.07, 6.45) is 10.8. The molecule has 1 aromatic heterocycles. The van der Waals surface area contributed by atoms with E-state index < -0.39 is 0 Å². The molecule has 0 aliphatic heterocycles. The lowest BCUT2D eigenvalue weighted by atomic mass is 9.80. The van der Waals surface area contributed by atoms with Crippen LogP contribution in [0, 0.1) is 12.8 Å². The Kier molecular flexibility index (Phi) is 4.81. The van der Waals surface area contributed by atoms with Crippen LogP contribution in [-0.2, 0) is 0 Å². The molecule has 1 fully saturated rings. The topological polar surface area (TPSA) is 29.9 Å². The van der Waals surface area contributed by atoms with E-state index >= 15 is 0 Å². The molecule has 2 rings (SSSR count). The summed E-state index contributed by atoms with van der Waals surface area (Å²) >= 11 is 0. The Labute approximate surface area is 111 Å². The fraction of sp³-hybridized carbons (Fsp3) is 0.800. The van der Waals surface area contributed by atoms with Gasteiger partial charge in [0.2, 0.25) is 0 Å². The molecule has 0 radical (unpaired) electrons. The molecule has 3 heteroatoms. The normalized spacial score (nSPS) is 28.5. The van der Waals surface area contributed by atoms with E-state index in [1.165, 1.54) is 37.7 Å². The highest BCUT2D eigenvalue weighted by Crippen LogP contribution is 2.35. The van der Waals surface area contributed by atoms with Gasteiger partial charge >= 0.3 is 0 Å². The Morgan fingerprint density at radius 1 is 1.39 bits per heavy atom. The van der Waals surface area contributed by atoms with Crippen LogP contribution >= 0.6 is 0 Å². The highest BCUT2D eigenvalue weighted by atomic mass is 15.3. The van der Waals surface area contributed by atoms with Crippen LogP contribution in [0.15, 0.2) is 12.4 Å². The number of hydrogen-bond donors (Lipinski definition) is 1. The summed E-state index contributed by atoms with van der Waals surface area (Å²) in [4.78, 5) is 0. The fourth-order valence-electron chi connectivity index (χ4n) is 3.31. The Morgan fingerprint density at radius 2 is 2.22 bits per heavy atom. The van der Waals surface area contributed by atoms with Gasteiger partial charge in [-0.2, -0.15) is 5.10 Å². The molecule has 1 N–H and O–H groups in total. The first kappa shape index (κ1) is 13.6. The van der Waals surface area contributed by atoms with E-state index in [1.807, 2.05) is 6.20 Å². The fourth-order valence-corrected chi connectivity index (χ4v) is 3.31. The van der Waals surface area contributed by atoms with Crippen LogP contribution in [-0.4, -0.2) is 22.4 Å². The number of aryl methyl sites for hydroxylation is 1. The third-order valence-electron chi connectivity index (χ3n) is 4.16. The summed E-state index contributed by atoms with van der Waals surface area (Å²) in [6.45, 7) is 7.67. The van der Waals surface area contributed by atoms with Crippen molar-refractivity contribution in [3.8, 4) is 0 Å². The van der Waals surface area contributed by atoms with Gasteiger partial charge in [0.1, 0.15) is 0 Å². The van der Waals surface area contributed by atoms with Crippen molar-refractivity contribution in [2.75, 3.05) is 6.54 Å². The minimum atomic E-state index is 0.545. The first-order valence-corrected chi connectivity index (χ1v) is 7.48. The van der Waals surface area contributed by atoms with Gasteiger partial charge in [-0.3, -0.25) is 4.68 Å².